The predicted octanol–water partition coefficient (Wildman–Crippen LogP) is 3.57. The molecular weight excluding hydrogens is 548 g/mol. The molecule has 222 valence electrons. The van der Waals surface area contributed by atoms with Gasteiger partial charge in [0.2, 0.25) is 0 Å². The molecule has 0 unspecified atom stereocenters. The molecule has 43 heavy (non-hydrogen) atoms. The van der Waals surface area contributed by atoms with Gasteiger partial charge in [-0.25, -0.2) is 19.4 Å². The zero-order valence-electron chi connectivity index (χ0n) is 24.3. The maximum atomic E-state index is 13.9. The Bertz CT molecular complexity index is 1870. The van der Waals surface area contributed by atoms with Gasteiger partial charge < -0.3 is 9.30 Å². The fourth-order valence-corrected chi connectivity index (χ4v) is 5.47. The number of methoxy groups -OCH3 is 1. The quantitative estimate of drug-likeness (QED) is 0.174. The highest BCUT2D eigenvalue weighted by Gasteiger charge is 2.28. The molecule has 0 atom stereocenters. The van der Waals surface area contributed by atoms with E-state index in [9.17, 15) is 14.4 Å². The smallest absolute Gasteiger partial charge is 0.333 e. The Morgan fingerprint density at radius 2 is 1.77 bits per heavy atom. The van der Waals surface area contributed by atoms with Crippen LogP contribution >= 0.6 is 0 Å². The summed E-state index contributed by atoms with van der Waals surface area (Å²) in [5.74, 6) is 1.05. The lowest BCUT2D eigenvalue weighted by atomic mass is 9.98. The number of imidazole rings is 1. The maximum Gasteiger partial charge on any atom is 0.333 e. The summed E-state index contributed by atoms with van der Waals surface area (Å²) in [5, 5.41) is 14.3. The van der Waals surface area contributed by atoms with Crippen molar-refractivity contribution in [3.05, 3.63) is 80.8 Å². The number of hydrogen-bond donors (Lipinski definition) is 1. The lowest BCUT2D eigenvalue weighted by Crippen LogP contribution is -2.42. The highest BCUT2D eigenvalue weighted by atomic mass is 16.5. The molecule has 2 aromatic carbocycles. The van der Waals surface area contributed by atoms with Crippen molar-refractivity contribution in [1.29, 1.82) is 0 Å². The number of esters is 1. The zero-order valence-corrected chi connectivity index (χ0v) is 24.3. The number of aromatic nitrogens is 8. The number of unbranched alkanes of at least 4 members (excludes halogenated alkanes) is 2. The van der Waals surface area contributed by atoms with Gasteiger partial charge in [-0.2, -0.15) is 0 Å². The van der Waals surface area contributed by atoms with Crippen LogP contribution in [0.5, 0.6) is 0 Å². The Hall–Kier alpha value is -4.87. The Labute approximate surface area is 247 Å². The third-order valence-corrected chi connectivity index (χ3v) is 7.98. The standard InChI is InChI=1S/C31H34N8O4/c1-3-4-5-10-25-32-29-27(30(41)39(19-26(40)43-2)31(42)38(29)18-20-11-12-20)37(25)17-21-13-15-22(16-14-21)23-8-6-7-9-24(23)28-33-35-36-34-28/h6-9,13-16,20H,3-5,10-12,17-19H2,1-2H3,(H,33,34,35,36). The molecule has 3 aromatic heterocycles. The average Bonchev–Trinajstić information content (AvgIpc) is 3.54. The molecule has 0 spiro atoms. The Morgan fingerprint density at radius 1 is 1.00 bits per heavy atom. The molecular formula is C31H34N8O4. The van der Waals surface area contributed by atoms with Crippen LogP contribution in [0.2, 0.25) is 0 Å². The molecule has 0 radical (unpaired) electrons. The number of nitrogens with zero attached hydrogens (tertiary/aromatic N) is 7. The lowest BCUT2D eigenvalue weighted by molar-refractivity contribution is -0.141. The number of fused-ring (bicyclic) bond motifs is 1. The van der Waals surface area contributed by atoms with Gasteiger partial charge in [0.25, 0.3) is 5.56 Å². The van der Waals surface area contributed by atoms with Crippen molar-refractivity contribution in [3.63, 3.8) is 0 Å². The minimum atomic E-state index is -0.650. The highest BCUT2D eigenvalue weighted by Crippen LogP contribution is 2.32. The van der Waals surface area contributed by atoms with Crippen LogP contribution in [-0.2, 0) is 35.6 Å². The van der Waals surface area contributed by atoms with Gasteiger partial charge in [-0.3, -0.25) is 14.2 Å². The predicted molar refractivity (Wildman–Crippen MR) is 160 cm³/mol. The van der Waals surface area contributed by atoms with Crippen molar-refractivity contribution < 1.29 is 9.53 Å². The second-order valence-corrected chi connectivity index (χ2v) is 11.0. The molecule has 0 saturated heterocycles. The van der Waals surface area contributed by atoms with Crippen LogP contribution in [0.25, 0.3) is 33.7 Å². The van der Waals surface area contributed by atoms with E-state index in [2.05, 4.69) is 27.5 Å². The number of hydrogen-bond acceptors (Lipinski definition) is 8. The molecule has 1 aliphatic carbocycles. The number of benzene rings is 2. The van der Waals surface area contributed by atoms with Crippen LogP contribution in [0.15, 0.2) is 58.1 Å². The van der Waals surface area contributed by atoms with E-state index in [-0.39, 0.29) is 0 Å². The first-order chi connectivity index (χ1) is 21.0. The molecule has 12 heteroatoms. The van der Waals surface area contributed by atoms with E-state index >= 15 is 0 Å². The van der Waals surface area contributed by atoms with E-state index in [1.807, 2.05) is 53.1 Å². The van der Waals surface area contributed by atoms with Crippen molar-refractivity contribution >= 4 is 17.1 Å². The maximum absolute atomic E-state index is 13.9. The summed E-state index contributed by atoms with van der Waals surface area (Å²) < 4.78 is 9.30. The summed E-state index contributed by atoms with van der Waals surface area (Å²) in [6, 6.07) is 16.0. The van der Waals surface area contributed by atoms with Gasteiger partial charge in [-0.1, -0.05) is 68.3 Å². The molecule has 0 amide bonds. The summed E-state index contributed by atoms with van der Waals surface area (Å²) in [5.41, 5.74) is 3.51. The van der Waals surface area contributed by atoms with Gasteiger partial charge in [0.15, 0.2) is 17.0 Å². The molecule has 1 saturated carbocycles. The number of rotatable bonds is 12. The minimum absolute atomic E-state index is 0.336. The molecule has 1 aliphatic rings. The zero-order chi connectivity index (χ0) is 29.9. The number of H-pyrrole nitrogens is 1. The van der Waals surface area contributed by atoms with Crippen LogP contribution in [0.3, 0.4) is 0 Å². The van der Waals surface area contributed by atoms with Crippen molar-refractivity contribution in [2.45, 2.75) is 65.1 Å². The number of nitrogens with one attached hydrogen (secondary N) is 1. The van der Waals surface area contributed by atoms with Crippen LogP contribution in [0.1, 0.15) is 50.4 Å². The normalized spacial score (nSPS) is 13.1. The highest BCUT2D eigenvalue weighted by molar-refractivity contribution is 5.80. The molecule has 5 aromatic rings. The van der Waals surface area contributed by atoms with E-state index in [1.54, 1.807) is 4.57 Å². The Balaban J connectivity index is 1.43. The molecule has 0 bridgehead atoms. The number of aromatic amines is 1. The van der Waals surface area contributed by atoms with E-state index in [0.29, 0.717) is 42.4 Å². The first-order valence-electron chi connectivity index (χ1n) is 14.7. The summed E-state index contributed by atoms with van der Waals surface area (Å²) in [4.78, 5) is 44.5. The van der Waals surface area contributed by atoms with E-state index < -0.39 is 23.8 Å². The van der Waals surface area contributed by atoms with E-state index in [1.165, 1.54) is 7.11 Å². The van der Waals surface area contributed by atoms with Gasteiger partial charge in [0.1, 0.15) is 12.4 Å². The van der Waals surface area contributed by atoms with Crippen molar-refractivity contribution in [3.8, 4) is 22.5 Å². The van der Waals surface area contributed by atoms with E-state index in [4.69, 9.17) is 9.72 Å². The fourth-order valence-electron chi connectivity index (χ4n) is 5.47. The molecule has 3 heterocycles. The average molecular weight is 583 g/mol. The van der Waals surface area contributed by atoms with Crippen LogP contribution in [0.4, 0.5) is 0 Å². The van der Waals surface area contributed by atoms with Gasteiger partial charge in [0.05, 0.1) is 7.11 Å². The Morgan fingerprint density at radius 3 is 2.44 bits per heavy atom. The van der Waals surface area contributed by atoms with Crippen molar-refractivity contribution in [1.82, 2.24) is 39.3 Å². The van der Waals surface area contributed by atoms with Gasteiger partial charge in [-0.05, 0) is 52.3 Å². The van der Waals surface area contributed by atoms with Gasteiger partial charge >= 0.3 is 11.7 Å². The molecule has 1 N–H and O–H groups in total. The topological polar surface area (TPSA) is 143 Å². The molecule has 6 rings (SSSR count). The summed E-state index contributed by atoms with van der Waals surface area (Å²) in [6.07, 6.45) is 5.71. The number of ether oxygens (including phenoxy) is 1. The van der Waals surface area contributed by atoms with Crippen LogP contribution < -0.4 is 11.2 Å². The molecule has 0 aliphatic heterocycles. The van der Waals surface area contributed by atoms with Crippen LogP contribution in [0, 0.1) is 5.92 Å². The third-order valence-electron chi connectivity index (χ3n) is 7.98. The van der Waals surface area contributed by atoms with Crippen LogP contribution in [-0.4, -0.2) is 52.4 Å². The third kappa shape index (κ3) is 5.77. The SMILES string of the molecule is CCCCCc1nc2c(c(=O)n(CC(=O)OC)c(=O)n2CC2CC2)n1Cc1ccc(-c2ccccc2-c2nnn[nH]2)cc1. The lowest BCUT2D eigenvalue weighted by Gasteiger charge is -2.13. The summed E-state index contributed by atoms with van der Waals surface area (Å²) in [6.45, 7) is 2.55. The number of carbonyl (C=O) groups is 1. The number of carbonyl (C=O) groups excluding carboxylic acids is 1. The second kappa shape index (κ2) is 12.2. The molecule has 1 fully saturated rings. The molecule has 12 nitrogen and oxygen atoms in total. The first-order valence-corrected chi connectivity index (χ1v) is 14.7. The largest absolute Gasteiger partial charge is 0.468 e. The van der Waals surface area contributed by atoms with Gasteiger partial charge in [0, 0.05) is 25.1 Å². The van der Waals surface area contributed by atoms with Gasteiger partial charge in [-0.15, -0.1) is 5.10 Å². The Kier molecular flexibility index (Phi) is 7.99. The summed E-state index contributed by atoms with van der Waals surface area (Å²) >= 11 is 0. The second-order valence-electron chi connectivity index (χ2n) is 11.0. The number of tetrazole rings is 1. The number of aryl methyl sites for hydroxylation is 1. The fraction of sp³-hybridized carbons (Fsp3) is 0.387. The first kappa shape index (κ1) is 28.3. The minimum Gasteiger partial charge on any atom is -0.468 e. The summed E-state index contributed by atoms with van der Waals surface area (Å²) in [7, 11) is 1.25. The monoisotopic (exact) mass is 582 g/mol. The van der Waals surface area contributed by atoms with Crippen molar-refractivity contribution in [2.24, 2.45) is 5.92 Å². The van der Waals surface area contributed by atoms with E-state index in [0.717, 1.165) is 64.7 Å². The van der Waals surface area contributed by atoms with Crippen molar-refractivity contribution in [2.75, 3.05) is 7.11 Å².